The molecule has 3 rings (SSSR count). The second-order valence-electron chi connectivity index (χ2n) is 5.21. The highest BCUT2D eigenvalue weighted by Crippen LogP contribution is 2.24. The Labute approximate surface area is 123 Å². The molecule has 0 aliphatic carbocycles. The van der Waals surface area contributed by atoms with Crippen LogP contribution in [0.5, 0.6) is 0 Å². The number of hydrogen-bond donors (Lipinski definition) is 1. The van der Waals surface area contributed by atoms with Crippen LogP contribution in [0.2, 0.25) is 0 Å². The summed E-state index contributed by atoms with van der Waals surface area (Å²) in [4.78, 5) is 14.9. The minimum atomic E-state index is -0.370. The highest BCUT2D eigenvalue weighted by Gasteiger charge is 2.23. The first kappa shape index (κ1) is 13.9. The molecule has 21 heavy (non-hydrogen) atoms. The highest BCUT2D eigenvalue weighted by molar-refractivity contribution is 5.59. The second-order valence-corrected chi connectivity index (χ2v) is 5.21. The van der Waals surface area contributed by atoms with Crippen molar-refractivity contribution in [3.05, 3.63) is 36.5 Å². The first-order chi connectivity index (χ1) is 10.3. The molecule has 2 aromatic rings. The van der Waals surface area contributed by atoms with E-state index in [1.165, 1.54) is 18.7 Å². The monoisotopic (exact) mass is 287 g/mol. The van der Waals surface area contributed by atoms with Gasteiger partial charge in [0.15, 0.2) is 0 Å². The Morgan fingerprint density at radius 2 is 2.24 bits per heavy atom. The third kappa shape index (κ3) is 3.00. The number of rotatable bonds is 3. The number of anilines is 1. The van der Waals surface area contributed by atoms with Crippen LogP contribution >= 0.6 is 0 Å². The normalized spacial score (nSPS) is 18.8. The maximum absolute atomic E-state index is 13.3. The van der Waals surface area contributed by atoms with Gasteiger partial charge in [-0.05, 0) is 31.4 Å². The van der Waals surface area contributed by atoms with E-state index in [-0.39, 0.29) is 11.9 Å². The summed E-state index contributed by atoms with van der Waals surface area (Å²) in [6.45, 7) is 1.50. The number of pyridine rings is 1. The molecule has 1 fully saturated rings. The molecule has 1 aliphatic rings. The predicted octanol–water partition coefficient (Wildman–Crippen LogP) is 2.00. The zero-order chi connectivity index (χ0) is 14.7. The molecule has 0 aromatic carbocycles. The molecule has 1 aliphatic heterocycles. The van der Waals surface area contributed by atoms with Gasteiger partial charge in [0.1, 0.15) is 5.82 Å². The van der Waals surface area contributed by atoms with E-state index >= 15 is 0 Å². The molecule has 0 amide bonds. The third-order valence-corrected chi connectivity index (χ3v) is 3.80. The van der Waals surface area contributed by atoms with E-state index in [9.17, 15) is 4.39 Å². The fourth-order valence-corrected chi connectivity index (χ4v) is 2.71. The fraction of sp³-hybridized carbons (Fsp3) is 0.400. The standard InChI is InChI=1S/C15H18FN5/c16-12-7-11(9-18-10-12)14-4-5-19-15(20-14)21-6-2-1-3-13(21)8-17/h4-5,7,9-10,13H,1-3,6,8,17H2. The van der Waals surface area contributed by atoms with E-state index in [1.807, 2.05) is 0 Å². The van der Waals surface area contributed by atoms with Crippen LogP contribution in [-0.4, -0.2) is 34.1 Å². The molecule has 0 radical (unpaired) electrons. The summed E-state index contributed by atoms with van der Waals surface area (Å²) in [5, 5.41) is 0. The second kappa shape index (κ2) is 6.13. The molecule has 2 aromatic heterocycles. The summed E-state index contributed by atoms with van der Waals surface area (Å²) in [5.74, 6) is 0.289. The van der Waals surface area contributed by atoms with Gasteiger partial charge in [-0.1, -0.05) is 0 Å². The van der Waals surface area contributed by atoms with E-state index in [0.29, 0.717) is 23.8 Å². The molecule has 1 saturated heterocycles. The summed E-state index contributed by atoms with van der Waals surface area (Å²) in [6.07, 6.45) is 7.85. The Hall–Kier alpha value is -2.08. The van der Waals surface area contributed by atoms with Crippen LogP contribution < -0.4 is 10.6 Å². The third-order valence-electron chi connectivity index (χ3n) is 3.80. The molecule has 0 bridgehead atoms. The number of piperidine rings is 1. The largest absolute Gasteiger partial charge is 0.337 e. The Kier molecular flexibility index (Phi) is 4.06. The van der Waals surface area contributed by atoms with Crippen molar-refractivity contribution in [1.29, 1.82) is 0 Å². The lowest BCUT2D eigenvalue weighted by molar-refractivity contribution is 0.458. The summed E-state index contributed by atoms with van der Waals surface area (Å²) >= 11 is 0. The maximum atomic E-state index is 13.3. The number of halogens is 1. The molecule has 2 N–H and O–H groups in total. The lowest BCUT2D eigenvalue weighted by Crippen LogP contribution is -2.45. The number of aromatic nitrogens is 3. The number of hydrogen-bond acceptors (Lipinski definition) is 5. The van der Waals surface area contributed by atoms with E-state index < -0.39 is 0 Å². The van der Waals surface area contributed by atoms with Crippen molar-refractivity contribution in [1.82, 2.24) is 15.0 Å². The van der Waals surface area contributed by atoms with E-state index in [0.717, 1.165) is 19.4 Å². The van der Waals surface area contributed by atoms with Crippen LogP contribution in [0.3, 0.4) is 0 Å². The van der Waals surface area contributed by atoms with Crippen molar-refractivity contribution >= 4 is 5.95 Å². The summed E-state index contributed by atoms with van der Waals surface area (Å²) in [6, 6.07) is 3.47. The van der Waals surface area contributed by atoms with Crippen LogP contribution in [0.4, 0.5) is 10.3 Å². The Balaban J connectivity index is 1.92. The first-order valence-electron chi connectivity index (χ1n) is 7.18. The van der Waals surface area contributed by atoms with E-state index in [4.69, 9.17) is 5.73 Å². The van der Waals surface area contributed by atoms with Gasteiger partial charge in [-0.15, -0.1) is 0 Å². The van der Waals surface area contributed by atoms with Gasteiger partial charge in [-0.25, -0.2) is 14.4 Å². The molecule has 1 atom stereocenters. The first-order valence-corrected chi connectivity index (χ1v) is 7.18. The Bertz CT molecular complexity index is 619. The number of nitrogens with two attached hydrogens (primary N) is 1. The summed E-state index contributed by atoms with van der Waals surface area (Å²) in [5.41, 5.74) is 7.17. The van der Waals surface area contributed by atoms with Crippen molar-refractivity contribution in [2.75, 3.05) is 18.0 Å². The van der Waals surface area contributed by atoms with Crippen LogP contribution in [0.15, 0.2) is 30.7 Å². The minimum Gasteiger partial charge on any atom is -0.337 e. The van der Waals surface area contributed by atoms with Crippen molar-refractivity contribution < 1.29 is 4.39 Å². The molecule has 3 heterocycles. The topological polar surface area (TPSA) is 67.9 Å². The average molecular weight is 287 g/mol. The summed E-state index contributed by atoms with van der Waals surface area (Å²) < 4.78 is 13.3. The minimum absolute atomic E-state index is 0.277. The zero-order valence-corrected chi connectivity index (χ0v) is 11.7. The van der Waals surface area contributed by atoms with Gasteiger partial charge in [0, 0.05) is 37.1 Å². The van der Waals surface area contributed by atoms with Crippen molar-refractivity contribution in [3.8, 4) is 11.3 Å². The fourth-order valence-electron chi connectivity index (χ4n) is 2.71. The van der Waals surface area contributed by atoms with Gasteiger partial charge in [-0.2, -0.15) is 0 Å². The van der Waals surface area contributed by atoms with Gasteiger partial charge >= 0.3 is 0 Å². The van der Waals surface area contributed by atoms with Gasteiger partial charge in [0.25, 0.3) is 0 Å². The van der Waals surface area contributed by atoms with Crippen LogP contribution in [0.1, 0.15) is 19.3 Å². The van der Waals surface area contributed by atoms with Crippen LogP contribution in [0.25, 0.3) is 11.3 Å². The molecule has 1 unspecified atom stereocenters. The highest BCUT2D eigenvalue weighted by atomic mass is 19.1. The molecular weight excluding hydrogens is 269 g/mol. The molecule has 5 nitrogen and oxygen atoms in total. The van der Waals surface area contributed by atoms with Gasteiger partial charge in [0.05, 0.1) is 11.9 Å². The lowest BCUT2D eigenvalue weighted by Gasteiger charge is -2.35. The SMILES string of the molecule is NCC1CCCCN1c1nccc(-c2cncc(F)c2)n1. The maximum Gasteiger partial charge on any atom is 0.226 e. The van der Waals surface area contributed by atoms with Crippen molar-refractivity contribution in [3.63, 3.8) is 0 Å². The Morgan fingerprint density at radius 3 is 3.05 bits per heavy atom. The lowest BCUT2D eigenvalue weighted by atomic mass is 10.0. The van der Waals surface area contributed by atoms with Crippen LogP contribution in [-0.2, 0) is 0 Å². The number of nitrogens with zero attached hydrogens (tertiary/aromatic N) is 4. The van der Waals surface area contributed by atoms with Crippen molar-refractivity contribution in [2.45, 2.75) is 25.3 Å². The molecule has 0 spiro atoms. The Morgan fingerprint density at radius 1 is 1.33 bits per heavy atom. The van der Waals surface area contributed by atoms with Gasteiger partial charge in [-0.3, -0.25) is 4.98 Å². The zero-order valence-electron chi connectivity index (χ0n) is 11.7. The van der Waals surface area contributed by atoms with E-state index in [2.05, 4.69) is 19.9 Å². The summed E-state index contributed by atoms with van der Waals surface area (Å²) in [7, 11) is 0. The van der Waals surface area contributed by atoms with Crippen molar-refractivity contribution in [2.24, 2.45) is 5.73 Å². The smallest absolute Gasteiger partial charge is 0.226 e. The van der Waals surface area contributed by atoms with E-state index in [1.54, 1.807) is 18.5 Å². The van der Waals surface area contributed by atoms with Gasteiger partial charge in [0.2, 0.25) is 5.95 Å². The quantitative estimate of drug-likeness (QED) is 0.935. The van der Waals surface area contributed by atoms with Gasteiger partial charge < -0.3 is 10.6 Å². The van der Waals surface area contributed by atoms with Crippen LogP contribution in [0, 0.1) is 5.82 Å². The molecular formula is C15H18FN5. The molecule has 110 valence electrons. The average Bonchev–Trinajstić information content (AvgIpc) is 2.55. The predicted molar refractivity (Wildman–Crippen MR) is 79.3 cm³/mol. The molecule has 6 heteroatoms. The molecule has 0 saturated carbocycles.